The number of carbonyl (C=O) groups is 1. The van der Waals surface area contributed by atoms with Gasteiger partial charge in [-0.3, -0.25) is 4.79 Å². The Morgan fingerprint density at radius 1 is 0.893 bits per heavy atom. The van der Waals surface area contributed by atoms with Crippen LogP contribution in [0.1, 0.15) is 12.5 Å². The molecule has 0 aliphatic rings. The van der Waals surface area contributed by atoms with E-state index < -0.39 is 0 Å². The fourth-order valence-electron chi connectivity index (χ4n) is 2.39. The monoisotopic (exact) mass is 378 g/mol. The van der Waals surface area contributed by atoms with Crippen LogP contribution in [-0.2, 0) is 4.79 Å². The number of ether oxygens (including phenoxy) is 3. The Kier molecular flexibility index (Phi) is 6.46. The summed E-state index contributed by atoms with van der Waals surface area (Å²) >= 11 is 0. The number of pyridine rings is 1. The first-order chi connectivity index (χ1) is 13.6. The lowest BCUT2D eigenvalue weighted by Crippen LogP contribution is -2.20. The lowest BCUT2D eigenvalue weighted by molar-refractivity contribution is -0.118. The highest BCUT2D eigenvalue weighted by Gasteiger charge is 2.06. The Morgan fingerprint density at radius 3 is 2.14 bits per heavy atom. The van der Waals surface area contributed by atoms with Crippen molar-refractivity contribution in [1.82, 2.24) is 4.98 Å². The Labute approximate surface area is 164 Å². The predicted octanol–water partition coefficient (Wildman–Crippen LogP) is 4.60. The van der Waals surface area contributed by atoms with Crippen molar-refractivity contribution in [3.05, 3.63) is 72.4 Å². The quantitative estimate of drug-likeness (QED) is 0.620. The van der Waals surface area contributed by atoms with Crippen LogP contribution < -0.4 is 19.5 Å². The highest BCUT2D eigenvalue weighted by Crippen LogP contribution is 2.21. The van der Waals surface area contributed by atoms with E-state index in [-0.39, 0.29) is 12.5 Å². The number of rotatable bonds is 8. The number of hydrogen-bond donors (Lipinski definition) is 1. The van der Waals surface area contributed by atoms with Crippen LogP contribution in [0.3, 0.4) is 0 Å². The molecule has 0 spiro atoms. The van der Waals surface area contributed by atoms with Crippen molar-refractivity contribution in [1.29, 1.82) is 0 Å². The summed E-state index contributed by atoms with van der Waals surface area (Å²) in [6.45, 7) is 4.44. The summed E-state index contributed by atoms with van der Waals surface area (Å²) in [6.07, 6.45) is 1.54. The average Bonchev–Trinajstić information content (AvgIpc) is 2.71. The molecule has 0 atom stereocenters. The zero-order valence-electron chi connectivity index (χ0n) is 15.8. The smallest absolute Gasteiger partial charge is 0.262 e. The summed E-state index contributed by atoms with van der Waals surface area (Å²) in [5.41, 5.74) is 1.72. The first-order valence-electron chi connectivity index (χ1n) is 8.98. The summed E-state index contributed by atoms with van der Waals surface area (Å²) < 4.78 is 16.5. The number of anilines is 1. The molecule has 0 aliphatic carbocycles. The lowest BCUT2D eigenvalue weighted by Gasteiger charge is -2.09. The number of nitrogens with one attached hydrogen (secondary N) is 1. The number of aryl methyl sites for hydroxylation is 1. The zero-order valence-corrected chi connectivity index (χ0v) is 15.8. The van der Waals surface area contributed by atoms with Crippen LogP contribution in [0.5, 0.6) is 23.1 Å². The predicted molar refractivity (Wildman–Crippen MR) is 107 cm³/mol. The normalized spacial score (nSPS) is 10.2. The van der Waals surface area contributed by atoms with Crippen molar-refractivity contribution in [2.75, 3.05) is 18.5 Å². The molecule has 6 heteroatoms. The van der Waals surface area contributed by atoms with Gasteiger partial charge in [0.15, 0.2) is 6.61 Å². The third kappa shape index (κ3) is 5.74. The maximum Gasteiger partial charge on any atom is 0.262 e. The second-order valence-electron chi connectivity index (χ2n) is 6.04. The van der Waals surface area contributed by atoms with Crippen LogP contribution in [0.15, 0.2) is 66.9 Å². The Bertz CT molecular complexity index is 891. The van der Waals surface area contributed by atoms with Gasteiger partial charge in [-0.25, -0.2) is 4.98 Å². The minimum Gasteiger partial charge on any atom is -0.494 e. The van der Waals surface area contributed by atoms with Gasteiger partial charge in [0.2, 0.25) is 5.88 Å². The third-order valence-corrected chi connectivity index (χ3v) is 3.77. The van der Waals surface area contributed by atoms with Crippen molar-refractivity contribution in [2.24, 2.45) is 0 Å². The SMILES string of the molecule is CCOc1ccc(OCC(=O)Nc2ccc(Oc3ccc(C)cc3)nc2)cc1. The lowest BCUT2D eigenvalue weighted by atomic mass is 10.2. The van der Waals surface area contributed by atoms with Crippen molar-refractivity contribution < 1.29 is 19.0 Å². The van der Waals surface area contributed by atoms with Gasteiger partial charge in [-0.15, -0.1) is 0 Å². The minimum atomic E-state index is -0.275. The standard InChI is InChI=1S/C22H22N2O4/c1-3-26-18-9-11-19(12-10-18)27-15-21(25)24-17-6-13-22(23-14-17)28-20-7-4-16(2)5-8-20/h4-14H,3,15H2,1-2H3,(H,24,25). The topological polar surface area (TPSA) is 69.7 Å². The molecule has 2 aromatic carbocycles. The summed E-state index contributed by atoms with van der Waals surface area (Å²) in [7, 11) is 0. The summed E-state index contributed by atoms with van der Waals surface area (Å²) in [5, 5.41) is 2.74. The second kappa shape index (κ2) is 9.41. The summed E-state index contributed by atoms with van der Waals surface area (Å²) in [4.78, 5) is 16.2. The van der Waals surface area contributed by atoms with E-state index in [0.29, 0.717) is 29.7 Å². The van der Waals surface area contributed by atoms with E-state index in [4.69, 9.17) is 14.2 Å². The molecule has 144 valence electrons. The molecule has 0 saturated heterocycles. The highest BCUT2D eigenvalue weighted by atomic mass is 16.5. The highest BCUT2D eigenvalue weighted by molar-refractivity contribution is 5.91. The number of nitrogens with zero attached hydrogens (tertiary/aromatic N) is 1. The molecule has 1 N–H and O–H groups in total. The van der Waals surface area contributed by atoms with Crippen LogP contribution in [0, 0.1) is 6.92 Å². The maximum atomic E-state index is 12.0. The molecule has 1 heterocycles. The van der Waals surface area contributed by atoms with Gasteiger partial charge in [-0.2, -0.15) is 0 Å². The van der Waals surface area contributed by atoms with E-state index >= 15 is 0 Å². The first-order valence-corrected chi connectivity index (χ1v) is 8.98. The van der Waals surface area contributed by atoms with E-state index in [9.17, 15) is 4.79 Å². The second-order valence-corrected chi connectivity index (χ2v) is 6.04. The van der Waals surface area contributed by atoms with E-state index in [1.54, 1.807) is 36.4 Å². The van der Waals surface area contributed by atoms with Gasteiger partial charge >= 0.3 is 0 Å². The van der Waals surface area contributed by atoms with E-state index in [2.05, 4.69) is 10.3 Å². The molecule has 0 radical (unpaired) electrons. The van der Waals surface area contributed by atoms with Gasteiger partial charge in [0.25, 0.3) is 5.91 Å². The summed E-state index contributed by atoms with van der Waals surface area (Å²) in [5.74, 6) is 2.24. The van der Waals surface area contributed by atoms with Gasteiger partial charge in [0.05, 0.1) is 18.5 Å². The van der Waals surface area contributed by atoms with Crippen LogP contribution in [0.4, 0.5) is 5.69 Å². The molecular formula is C22H22N2O4. The van der Waals surface area contributed by atoms with E-state index in [1.165, 1.54) is 6.20 Å². The van der Waals surface area contributed by atoms with Gasteiger partial charge in [0, 0.05) is 6.07 Å². The Hall–Kier alpha value is -3.54. The number of amides is 1. The van der Waals surface area contributed by atoms with Crippen molar-refractivity contribution in [3.63, 3.8) is 0 Å². The van der Waals surface area contributed by atoms with Crippen molar-refractivity contribution in [3.8, 4) is 23.1 Å². The number of aromatic nitrogens is 1. The van der Waals surface area contributed by atoms with Gasteiger partial charge < -0.3 is 19.5 Å². The number of carbonyl (C=O) groups excluding carboxylic acids is 1. The van der Waals surface area contributed by atoms with Crippen LogP contribution in [0.25, 0.3) is 0 Å². The Morgan fingerprint density at radius 2 is 1.54 bits per heavy atom. The molecule has 0 unspecified atom stereocenters. The molecule has 28 heavy (non-hydrogen) atoms. The molecule has 0 fully saturated rings. The van der Waals surface area contributed by atoms with Crippen molar-refractivity contribution in [2.45, 2.75) is 13.8 Å². The van der Waals surface area contributed by atoms with Crippen molar-refractivity contribution >= 4 is 11.6 Å². The van der Waals surface area contributed by atoms with Gasteiger partial charge in [-0.05, 0) is 56.3 Å². The fraction of sp³-hybridized carbons (Fsp3) is 0.182. The molecule has 6 nitrogen and oxygen atoms in total. The third-order valence-electron chi connectivity index (χ3n) is 3.77. The molecular weight excluding hydrogens is 356 g/mol. The average molecular weight is 378 g/mol. The van der Waals surface area contributed by atoms with E-state index in [1.807, 2.05) is 38.1 Å². The first kappa shape index (κ1) is 19.2. The molecule has 1 amide bonds. The molecule has 1 aromatic heterocycles. The summed E-state index contributed by atoms with van der Waals surface area (Å²) in [6, 6.07) is 18.2. The number of hydrogen-bond acceptors (Lipinski definition) is 5. The van der Waals surface area contributed by atoms with Crippen LogP contribution in [0.2, 0.25) is 0 Å². The van der Waals surface area contributed by atoms with Crippen LogP contribution in [-0.4, -0.2) is 24.1 Å². The van der Waals surface area contributed by atoms with Gasteiger partial charge in [-0.1, -0.05) is 17.7 Å². The molecule has 0 bridgehead atoms. The zero-order chi connectivity index (χ0) is 19.8. The minimum absolute atomic E-state index is 0.102. The molecule has 0 aliphatic heterocycles. The molecule has 0 saturated carbocycles. The van der Waals surface area contributed by atoms with E-state index in [0.717, 1.165) is 11.3 Å². The molecule has 3 rings (SSSR count). The fourth-order valence-corrected chi connectivity index (χ4v) is 2.39. The maximum absolute atomic E-state index is 12.0. The Balaban J connectivity index is 1.47. The number of benzene rings is 2. The van der Waals surface area contributed by atoms with Crippen LogP contribution >= 0.6 is 0 Å². The largest absolute Gasteiger partial charge is 0.494 e. The molecule has 3 aromatic rings. The van der Waals surface area contributed by atoms with Gasteiger partial charge in [0.1, 0.15) is 17.2 Å².